The second kappa shape index (κ2) is 2.88. The van der Waals surface area contributed by atoms with Gasteiger partial charge in [-0.1, -0.05) is 0 Å². The highest BCUT2D eigenvalue weighted by atomic mass is 16.6. The van der Waals surface area contributed by atoms with E-state index in [4.69, 9.17) is 10.5 Å². The lowest BCUT2D eigenvalue weighted by Crippen LogP contribution is -2.41. The Balaban J connectivity index is 3.81. The van der Waals surface area contributed by atoms with Gasteiger partial charge in [-0.15, -0.1) is 0 Å². The Kier molecular flexibility index (Phi) is 2.65. The molecule has 0 aromatic carbocycles. The minimum Gasteiger partial charge on any atom is -0.428 e. The van der Waals surface area contributed by atoms with E-state index in [1.165, 1.54) is 4.90 Å². The van der Waals surface area contributed by atoms with Crippen LogP contribution in [0.15, 0.2) is 0 Å². The summed E-state index contributed by atoms with van der Waals surface area (Å²) in [7, 11) is 3.21. The van der Waals surface area contributed by atoms with Crippen molar-refractivity contribution in [1.29, 1.82) is 0 Å². The molecule has 0 saturated heterocycles. The highest BCUT2D eigenvalue weighted by Crippen LogP contribution is 2.00. The Morgan fingerprint density at radius 3 is 2.00 bits per heavy atom. The molecule has 0 saturated carbocycles. The van der Waals surface area contributed by atoms with E-state index >= 15 is 0 Å². The standard InChI is InChI=1S/C6H14N2O2/c1-6(2,7)10-5(9)8(3)4/h7H2,1-4H3. The third kappa shape index (κ3) is 4.14. The fraction of sp³-hybridized carbons (Fsp3) is 0.833. The van der Waals surface area contributed by atoms with Crippen LogP contribution in [0.2, 0.25) is 0 Å². The van der Waals surface area contributed by atoms with Gasteiger partial charge in [0.2, 0.25) is 0 Å². The Morgan fingerprint density at radius 1 is 1.50 bits per heavy atom. The number of nitrogens with zero attached hydrogens (tertiary/aromatic N) is 1. The SMILES string of the molecule is CN(C)C(=O)OC(C)(C)N. The lowest BCUT2D eigenvalue weighted by molar-refractivity contribution is 0.0261. The molecule has 10 heavy (non-hydrogen) atoms. The molecule has 60 valence electrons. The zero-order valence-corrected chi connectivity index (χ0v) is 6.84. The molecule has 0 radical (unpaired) electrons. The summed E-state index contributed by atoms with van der Waals surface area (Å²) in [6.07, 6.45) is -0.424. The number of nitrogens with two attached hydrogens (primary N) is 1. The summed E-state index contributed by atoms with van der Waals surface area (Å²) in [5, 5.41) is 0. The van der Waals surface area contributed by atoms with Gasteiger partial charge in [0, 0.05) is 14.1 Å². The van der Waals surface area contributed by atoms with Crippen molar-refractivity contribution in [3.63, 3.8) is 0 Å². The molecule has 0 bridgehead atoms. The quantitative estimate of drug-likeness (QED) is 0.544. The zero-order chi connectivity index (χ0) is 8.36. The van der Waals surface area contributed by atoms with Crippen molar-refractivity contribution >= 4 is 6.09 Å². The minimum absolute atomic E-state index is 0.424. The fourth-order valence-electron chi connectivity index (χ4n) is 0.316. The Morgan fingerprint density at radius 2 is 1.90 bits per heavy atom. The molecule has 0 unspecified atom stereocenters. The Labute approximate surface area is 60.9 Å². The van der Waals surface area contributed by atoms with Gasteiger partial charge in [0.1, 0.15) is 0 Å². The third-order valence-corrected chi connectivity index (χ3v) is 0.716. The van der Waals surface area contributed by atoms with Crippen molar-refractivity contribution in [3.05, 3.63) is 0 Å². The van der Waals surface area contributed by atoms with Crippen LogP contribution >= 0.6 is 0 Å². The predicted octanol–water partition coefficient (Wildman–Crippen LogP) is 0.379. The van der Waals surface area contributed by atoms with E-state index in [9.17, 15) is 4.79 Å². The summed E-state index contributed by atoms with van der Waals surface area (Å²) in [5.74, 6) is 0. The van der Waals surface area contributed by atoms with Crippen LogP contribution in [0.3, 0.4) is 0 Å². The summed E-state index contributed by atoms with van der Waals surface area (Å²) < 4.78 is 4.76. The van der Waals surface area contributed by atoms with Crippen LogP contribution in [-0.4, -0.2) is 30.8 Å². The van der Waals surface area contributed by atoms with Crippen LogP contribution in [0.25, 0.3) is 0 Å². The van der Waals surface area contributed by atoms with Gasteiger partial charge in [0.25, 0.3) is 0 Å². The number of amides is 1. The van der Waals surface area contributed by atoms with Crippen LogP contribution in [0.1, 0.15) is 13.8 Å². The van der Waals surface area contributed by atoms with Crippen molar-refractivity contribution < 1.29 is 9.53 Å². The molecule has 2 N–H and O–H groups in total. The van der Waals surface area contributed by atoms with Gasteiger partial charge in [-0.05, 0) is 13.8 Å². The second-order valence-electron chi connectivity index (χ2n) is 2.87. The third-order valence-electron chi connectivity index (χ3n) is 0.716. The van der Waals surface area contributed by atoms with Gasteiger partial charge < -0.3 is 9.64 Å². The first-order valence-electron chi connectivity index (χ1n) is 3.02. The number of ether oxygens (including phenoxy) is 1. The molecule has 4 heteroatoms. The molecular weight excluding hydrogens is 132 g/mol. The van der Waals surface area contributed by atoms with Crippen LogP contribution in [0.5, 0.6) is 0 Å². The Hall–Kier alpha value is -0.770. The molecule has 1 amide bonds. The van der Waals surface area contributed by atoms with E-state index in [1.807, 2.05) is 0 Å². The predicted molar refractivity (Wildman–Crippen MR) is 38.4 cm³/mol. The average Bonchev–Trinajstić information content (AvgIpc) is 1.60. The lowest BCUT2D eigenvalue weighted by Gasteiger charge is -2.21. The van der Waals surface area contributed by atoms with Crippen molar-refractivity contribution in [2.24, 2.45) is 5.73 Å². The van der Waals surface area contributed by atoms with Crippen LogP contribution in [0, 0.1) is 0 Å². The fourth-order valence-corrected chi connectivity index (χ4v) is 0.316. The summed E-state index contributed by atoms with van der Waals surface area (Å²) >= 11 is 0. The highest BCUT2D eigenvalue weighted by Gasteiger charge is 2.17. The number of rotatable bonds is 1. The van der Waals surface area contributed by atoms with E-state index in [0.717, 1.165) is 0 Å². The smallest absolute Gasteiger partial charge is 0.410 e. The topological polar surface area (TPSA) is 55.6 Å². The molecule has 0 fully saturated rings. The monoisotopic (exact) mass is 146 g/mol. The van der Waals surface area contributed by atoms with Crippen LogP contribution in [-0.2, 0) is 4.74 Å². The van der Waals surface area contributed by atoms with Crippen molar-refractivity contribution in [3.8, 4) is 0 Å². The lowest BCUT2D eigenvalue weighted by atomic mass is 10.3. The summed E-state index contributed by atoms with van der Waals surface area (Å²) in [5.41, 5.74) is 4.52. The molecule has 0 spiro atoms. The molecule has 0 aromatic rings. The number of carbonyl (C=O) groups is 1. The first-order chi connectivity index (χ1) is 4.33. The number of hydrogen-bond donors (Lipinski definition) is 1. The van der Waals surface area contributed by atoms with Gasteiger partial charge in [0.05, 0.1) is 0 Å². The molecule has 0 aliphatic rings. The molecular formula is C6H14N2O2. The normalized spacial score (nSPS) is 10.9. The van der Waals surface area contributed by atoms with Crippen LogP contribution in [0.4, 0.5) is 4.79 Å². The first-order valence-corrected chi connectivity index (χ1v) is 3.02. The van der Waals surface area contributed by atoms with Gasteiger partial charge in [-0.3, -0.25) is 5.73 Å². The van der Waals surface area contributed by atoms with Gasteiger partial charge in [-0.25, -0.2) is 4.79 Å². The van der Waals surface area contributed by atoms with Crippen molar-refractivity contribution in [1.82, 2.24) is 4.90 Å². The maximum Gasteiger partial charge on any atom is 0.410 e. The molecule has 4 nitrogen and oxygen atoms in total. The summed E-state index contributed by atoms with van der Waals surface area (Å²) in [6.45, 7) is 3.24. The van der Waals surface area contributed by atoms with Gasteiger partial charge >= 0.3 is 6.09 Å². The number of hydrogen-bond acceptors (Lipinski definition) is 3. The summed E-state index contributed by atoms with van der Waals surface area (Å²) in [4.78, 5) is 12.1. The molecule has 0 atom stereocenters. The summed E-state index contributed by atoms with van der Waals surface area (Å²) in [6, 6.07) is 0. The maximum atomic E-state index is 10.8. The van der Waals surface area contributed by atoms with E-state index in [2.05, 4.69) is 0 Å². The second-order valence-corrected chi connectivity index (χ2v) is 2.87. The molecule has 0 rings (SSSR count). The van der Waals surface area contributed by atoms with E-state index in [1.54, 1.807) is 27.9 Å². The van der Waals surface area contributed by atoms with Crippen molar-refractivity contribution in [2.75, 3.05) is 14.1 Å². The van der Waals surface area contributed by atoms with Gasteiger partial charge in [0.15, 0.2) is 5.72 Å². The van der Waals surface area contributed by atoms with Gasteiger partial charge in [-0.2, -0.15) is 0 Å². The Bertz CT molecular complexity index is 126. The highest BCUT2D eigenvalue weighted by molar-refractivity contribution is 5.67. The van der Waals surface area contributed by atoms with E-state index in [-0.39, 0.29) is 0 Å². The van der Waals surface area contributed by atoms with E-state index in [0.29, 0.717) is 0 Å². The maximum absolute atomic E-state index is 10.8. The molecule has 0 aliphatic heterocycles. The number of carbonyl (C=O) groups excluding carboxylic acids is 1. The first kappa shape index (κ1) is 9.23. The van der Waals surface area contributed by atoms with Crippen LogP contribution < -0.4 is 5.73 Å². The van der Waals surface area contributed by atoms with E-state index < -0.39 is 11.8 Å². The average molecular weight is 146 g/mol. The van der Waals surface area contributed by atoms with Crippen molar-refractivity contribution in [2.45, 2.75) is 19.6 Å². The molecule has 0 aromatic heterocycles. The zero-order valence-electron chi connectivity index (χ0n) is 6.84. The molecule has 0 heterocycles. The minimum atomic E-state index is -0.888. The largest absolute Gasteiger partial charge is 0.428 e. The molecule has 0 aliphatic carbocycles.